The van der Waals surface area contributed by atoms with Gasteiger partial charge in [-0.1, -0.05) is 12.1 Å². The highest BCUT2D eigenvalue weighted by atomic mass is 19.1. The van der Waals surface area contributed by atoms with Crippen molar-refractivity contribution in [1.82, 2.24) is 14.8 Å². The Kier molecular flexibility index (Phi) is 5.31. The van der Waals surface area contributed by atoms with E-state index in [1.54, 1.807) is 23.1 Å². The summed E-state index contributed by atoms with van der Waals surface area (Å²) in [4.78, 5) is 20.2. The van der Waals surface area contributed by atoms with E-state index in [0.717, 1.165) is 13.1 Å². The Balaban J connectivity index is 1.30. The highest BCUT2D eigenvalue weighted by Gasteiger charge is 2.29. The van der Waals surface area contributed by atoms with Gasteiger partial charge in [0.05, 0.1) is 13.2 Å². The van der Waals surface area contributed by atoms with Crippen LogP contribution in [0.4, 0.5) is 4.39 Å². The number of rotatable bonds is 5. The first-order valence-corrected chi connectivity index (χ1v) is 9.14. The molecule has 2 aromatic rings. The number of carbonyl (C=O) groups excluding carboxylic acids is 1. The quantitative estimate of drug-likeness (QED) is 0.752. The molecule has 0 spiro atoms. The molecule has 0 bridgehead atoms. The second kappa shape index (κ2) is 8.02. The highest BCUT2D eigenvalue weighted by Crippen LogP contribution is 2.22. The lowest BCUT2D eigenvalue weighted by Crippen LogP contribution is -2.53. The van der Waals surface area contributed by atoms with E-state index in [1.165, 1.54) is 6.20 Å². The number of pyridine rings is 1. The first kappa shape index (κ1) is 17.9. The molecule has 0 atom stereocenters. The third-order valence-electron chi connectivity index (χ3n) is 4.84. The molecule has 0 aliphatic carbocycles. The van der Waals surface area contributed by atoms with Gasteiger partial charge in [0, 0.05) is 50.0 Å². The fraction of sp³-hybridized carbons (Fsp3) is 0.400. The van der Waals surface area contributed by atoms with Gasteiger partial charge < -0.3 is 14.4 Å². The number of nitrogens with zero attached hydrogens (tertiary/aromatic N) is 3. The number of aromatic nitrogens is 1. The molecule has 0 unspecified atom stereocenters. The molecule has 0 radical (unpaired) electrons. The Hall–Kier alpha value is -2.51. The molecule has 1 aromatic carbocycles. The van der Waals surface area contributed by atoms with Crippen LogP contribution in [0.2, 0.25) is 0 Å². The second-order valence-electron chi connectivity index (χ2n) is 6.82. The molecule has 2 aliphatic rings. The van der Waals surface area contributed by atoms with Crippen LogP contribution >= 0.6 is 0 Å². The molecule has 2 fully saturated rings. The molecule has 3 heterocycles. The van der Waals surface area contributed by atoms with Crippen molar-refractivity contribution in [2.75, 3.05) is 39.4 Å². The van der Waals surface area contributed by atoms with Gasteiger partial charge >= 0.3 is 0 Å². The van der Waals surface area contributed by atoms with Crippen molar-refractivity contribution >= 4 is 5.91 Å². The van der Waals surface area contributed by atoms with Gasteiger partial charge in [0.15, 0.2) is 0 Å². The molecule has 0 saturated carbocycles. The Labute approximate surface area is 157 Å². The van der Waals surface area contributed by atoms with E-state index in [1.807, 2.05) is 18.2 Å². The number of carbonyl (C=O) groups is 1. The first-order valence-electron chi connectivity index (χ1n) is 9.14. The molecule has 7 heteroatoms. The Morgan fingerprint density at radius 1 is 1.22 bits per heavy atom. The average molecular weight is 371 g/mol. The van der Waals surface area contributed by atoms with Crippen LogP contribution in [0.25, 0.3) is 0 Å². The number of halogens is 1. The van der Waals surface area contributed by atoms with Crippen molar-refractivity contribution in [2.45, 2.75) is 12.6 Å². The largest absolute Gasteiger partial charge is 0.488 e. The van der Waals surface area contributed by atoms with E-state index in [0.29, 0.717) is 49.7 Å². The summed E-state index contributed by atoms with van der Waals surface area (Å²) in [5.74, 6) is 0.272. The van der Waals surface area contributed by atoms with Crippen molar-refractivity contribution in [3.8, 4) is 5.75 Å². The van der Waals surface area contributed by atoms with Crippen LogP contribution in [0.5, 0.6) is 5.75 Å². The molecule has 0 N–H and O–H groups in total. The zero-order chi connectivity index (χ0) is 18.6. The third kappa shape index (κ3) is 4.26. The topological polar surface area (TPSA) is 54.9 Å². The summed E-state index contributed by atoms with van der Waals surface area (Å²) in [7, 11) is 0. The molecular weight excluding hydrogens is 349 g/mol. The summed E-state index contributed by atoms with van der Waals surface area (Å²) >= 11 is 0. The summed E-state index contributed by atoms with van der Waals surface area (Å²) in [5.41, 5.74) is 1.22. The zero-order valence-corrected chi connectivity index (χ0v) is 15.0. The van der Waals surface area contributed by atoms with Crippen LogP contribution in [0.15, 0.2) is 42.6 Å². The molecule has 27 heavy (non-hydrogen) atoms. The average Bonchev–Trinajstić information content (AvgIpc) is 2.68. The fourth-order valence-electron chi connectivity index (χ4n) is 3.35. The Bertz CT molecular complexity index is 805. The van der Waals surface area contributed by atoms with Crippen LogP contribution in [0.3, 0.4) is 0 Å². The smallest absolute Gasteiger partial charge is 0.254 e. The van der Waals surface area contributed by atoms with E-state index in [2.05, 4.69) is 9.88 Å². The molecule has 142 valence electrons. The van der Waals surface area contributed by atoms with Crippen LogP contribution in [-0.2, 0) is 11.3 Å². The van der Waals surface area contributed by atoms with Crippen molar-refractivity contribution in [1.29, 1.82) is 0 Å². The van der Waals surface area contributed by atoms with Gasteiger partial charge in [-0.2, -0.15) is 4.39 Å². The molecule has 2 aliphatic heterocycles. The van der Waals surface area contributed by atoms with Gasteiger partial charge in [0.2, 0.25) is 5.95 Å². The third-order valence-corrected chi connectivity index (χ3v) is 4.84. The van der Waals surface area contributed by atoms with Crippen LogP contribution in [-0.4, -0.2) is 66.2 Å². The first-order chi connectivity index (χ1) is 13.2. The number of hydrogen-bond donors (Lipinski definition) is 0. The maximum atomic E-state index is 13.6. The normalized spacial score (nSPS) is 18.2. The lowest BCUT2D eigenvalue weighted by Gasteiger charge is -2.39. The Morgan fingerprint density at radius 3 is 2.81 bits per heavy atom. The molecule has 6 nitrogen and oxygen atoms in total. The number of hydrogen-bond acceptors (Lipinski definition) is 5. The SMILES string of the molecule is O=C(c1cccc(OC2CN(Cc3cccnc3F)C2)c1)N1CCOCC1. The monoisotopic (exact) mass is 371 g/mol. The minimum atomic E-state index is -0.420. The minimum Gasteiger partial charge on any atom is -0.488 e. The zero-order valence-electron chi connectivity index (χ0n) is 15.0. The summed E-state index contributed by atoms with van der Waals surface area (Å²) in [6, 6.07) is 10.8. The molecule has 1 amide bonds. The number of morpholine rings is 1. The predicted molar refractivity (Wildman–Crippen MR) is 97.1 cm³/mol. The van der Waals surface area contributed by atoms with Crippen molar-refractivity contribution in [3.63, 3.8) is 0 Å². The summed E-state index contributed by atoms with van der Waals surface area (Å²) in [5, 5.41) is 0. The van der Waals surface area contributed by atoms with E-state index in [4.69, 9.17) is 9.47 Å². The summed E-state index contributed by atoms with van der Waals surface area (Å²) in [6.45, 7) is 4.36. The van der Waals surface area contributed by atoms with Crippen molar-refractivity contribution < 1.29 is 18.7 Å². The lowest BCUT2D eigenvalue weighted by molar-refractivity contribution is 0.0136. The number of likely N-dealkylation sites (tertiary alicyclic amines) is 1. The predicted octanol–water partition coefficient (Wildman–Crippen LogP) is 1.96. The minimum absolute atomic E-state index is 0.00559. The summed E-state index contributed by atoms with van der Waals surface area (Å²) < 4.78 is 24.9. The molecule has 2 saturated heterocycles. The van der Waals surface area contributed by atoms with E-state index < -0.39 is 5.95 Å². The molecule has 4 rings (SSSR count). The van der Waals surface area contributed by atoms with Gasteiger partial charge in [-0.15, -0.1) is 0 Å². The van der Waals surface area contributed by atoms with Crippen molar-refractivity contribution in [2.24, 2.45) is 0 Å². The maximum Gasteiger partial charge on any atom is 0.254 e. The van der Waals surface area contributed by atoms with Gasteiger partial charge in [-0.3, -0.25) is 9.69 Å². The number of ether oxygens (including phenoxy) is 2. The van der Waals surface area contributed by atoms with Crippen molar-refractivity contribution in [3.05, 3.63) is 59.7 Å². The van der Waals surface area contributed by atoms with Gasteiger partial charge in [-0.25, -0.2) is 4.98 Å². The number of benzene rings is 1. The number of amides is 1. The summed E-state index contributed by atoms with van der Waals surface area (Å²) in [6.07, 6.45) is 1.49. The fourth-order valence-corrected chi connectivity index (χ4v) is 3.35. The van der Waals surface area contributed by atoms with Crippen LogP contribution in [0, 0.1) is 5.95 Å². The van der Waals surface area contributed by atoms with Crippen LogP contribution in [0.1, 0.15) is 15.9 Å². The standard InChI is InChI=1S/C20H22FN3O3/c21-19-16(4-2-6-22-19)12-23-13-18(14-23)27-17-5-1-3-15(11-17)20(25)24-7-9-26-10-8-24/h1-6,11,18H,7-10,12-14H2. The van der Waals surface area contributed by atoms with E-state index in [9.17, 15) is 9.18 Å². The van der Waals surface area contributed by atoms with Gasteiger partial charge in [0.25, 0.3) is 5.91 Å². The Morgan fingerprint density at radius 2 is 2.04 bits per heavy atom. The lowest BCUT2D eigenvalue weighted by atomic mass is 10.1. The van der Waals surface area contributed by atoms with E-state index >= 15 is 0 Å². The second-order valence-corrected chi connectivity index (χ2v) is 6.82. The van der Waals surface area contributed by atoms with Gasteiger partial charge in [-0.05, 0) is 24.3 Å². The molecule has 1 aromatic heterocycles. The highest BCUT2D eigenvalue weighted by molar-refractivity contribution is 5.94. The molecular formula is C20H22FN3O3. The van der Waals surface area contributed by atoms with E-state index in [-0.39, 0.29) is 12.0 Å². The maximum absolute atomic E-state index is 13.6. The van der Waals surface area contributed by atoms with Crippen LogP contribution < -0.4 is 4.74 Å². The van der Waals surface area contributed by atoms with Gasteiger partial charge in [0.1, 0.15) is 11.9 Å².